The molecule has 0 spiro atoms. The first-order valence-electron chi connectivity index (χ1n) is 6.90. The molecular formula is C14H31N3. The van der Waals surface area contributed by atoms with Crippen LogP contribution in [0.15, 0.2) is 0 Å². The lowest BCUT2D eigenvalue weighted by molar-refractivity contribution is 0.136. The van der Waals surface area contributed by atoms with Gasteiger partial charge in [-0.25, -0.2) is 0 Å². The first-order valence-corrected chi connectivity index (χ1v) is 6.90. The molecular weight excluding hydrogens is 210 g/mol. The standard InChI is InChI=1S/C14H31N3/c1-13(2,3)11-12(14(4,5)6)17-10-8-15-7-9-16-11/h11-12,15-17H,7-10H2,1-6H3. The van der Waals surface area contributed by atoms with Crippen molar-refractivity contribution in [3.8, 4) is 0 Å². The largest absolute Gasteiger partial charge is 0.314 e. The van der Waals surface area contributed by atoms with Crippen LogP contribution in [0, 0.1) is 10.8 Å². The average molecular weight is 241 g/mol. The zero-order valence-corrected chi connectivity index (χ0v) is 12.5. The van der Waals surface area contributed by atoms with Crippen LogP contribution in [-0.4, -0.2) is 38.3 Å². The van der Waals surface area contributed by atoms with E-state index in [1.54, 1.807) is 0 Å². The monoisotopic (exact) mass is 241 g/mol. The molecule has 1 rings (SSSR count). The molecule has 0 aliphatic carbocycles. The van der Waals surface area contributed by atoms with Gasteiger partial charge in [0.1, 0.15) is 0 Å². The van der Waals surface area contributed by atoms with Crippen LogP contribution in [0.1, 0.15) is 41.5 Å². The van der Waals surface area contributed by atoms with Gasteiger partial charge in [-0.05, 0) is 10.8 Å². The number of rotatable bonds is 0. The highest BCUT2D eigenvalue weighted by Crippen LogP contribution is 2.31. The SMILES string of the molecule is CC(C)(C)C1NCCNCCNC1C(C)(C)C. The summed E-state index contributed by atoms with van der Waals surface area (Å²) in [5.74, 6) is 0. The van der Waals surface area contributed by atoms with Crippen molar-refractivity contribution in [2.75, 3.05) is 26.2 Å². The van der Waals surface area contributed by atoms with Crippen LogP contribution in [0.5, 0.6) is 0 Å². The Kier molecular flexibility index (Phi) is 4.99. The van der Waals surface area contributed by atoms with Crippen molar-refractivity contribution in [3.63, 3.8) is 0 Å². The van der Waals surface area contributed by atoms with E-state index in [0.717, 1.165) is 26.2 Å². The van der Waals surface area contributed by atoms with Crippen molar-refractivity contribution in [3.05, 3.63) is 0 Å². The van der Waals surface area contributed by atoms with Crippen LogP contribution in [-0.2, 0) is 0 Å². The summed E-state index contributed by atoms with van der Waals surface area (Å²) in [7, 11) is 0. The van der Waals surface area contributed by atoms with Gasteiger partial charge in [0, 0.05) is 38.3 Å². The van der Waals surface area contributed by atoms with E-state index in [1.165, 1.54) is 0 Å². The Hall–Kier alpha value is -0.120. The van der Waals surface area contributed by atoms with E-state index in [4.69, 9.17) is 0 Å². The number of hydrogen-bond acceptors (Lipinski definition) is 3. The third-order valence-electron chi connectivity index (χ3n) is 3.53. The molecule has 3 N–H and O–H groups in total. The molecule has 17 heavy (non-hydrogen) atoms. The number of hydrogen-bond donors (Lipinski definition) is 3. The van der Waals surface area contributed by atoms with Crippen LogP contribution in [0.2, 0.25) is 0 Å². The van der Waals surface area contributed by atoms with Gasteiger partial charge in [0.05, 0.1) is 0 Å². The van der Waals surface area contributed by atoms with E-state index >= 15 is 0 Å². The highest BCUT2D eigenvalue weighted by Gasteiger charge is 2.38. The number of nitrogens with one attached hydrogen (secondary N) is 3. The Labute approximate surface area is 107 Å². The molecule has 3 nitrogen and oxygen atoms in total. The summed E-state index contributed by atoms with van der Waals surface area (Å²) in [5, 5.41) is 10.9. The normalized spacial score (nSPS) is 29.3. The zero-order chi connectivity index (χ0) is 13.1. The van der Waals surface area contributed by atoms with E-state index in [9.17, 15) is 0 Å². The van der Waals surface area contributed by atoms with Crippen molar-refractivity contribution in [1.29, 1.82) is 0 Å². The molecule has 3 heteroatoms. The van der Waals surface area contributed by atoms with Gasteiger partial charge in [-0.2, -0.15) is 0 Å². The quantitative estimate of drug-likeness (QED) is 0.603. The first kappa shape index (κ1) is 14.9. The van der Waals surface area contributed by atoms with E-state index in [1.807, 2.05) is 0 Å². The van der Waals surface area contributed by atoms with Crippen molar-refractivity contribution in [2.45, 2.75) is 53.6 Å². The van der Waals surface area contributed by atoms with Crippen LogP contribution in [0.3, 0.4) is 0 Å². The predicted octanol–water partition coefficient (Wildman–Crippen LogP) is 1.60. The molecule has 2 unspecified atom stereocenters. The van der Waals surface area contributed by atoms with Gasteiger partial charge in [0.25, 0.3) is 0 Å². The molecule has 0 aromatic rings. The topological polar surface area (TPSA) is 36.1 Å². The van der Waals surface area contributed by atoms with E-state index in [-0.39, 0.29) is 10.8 Å². The maximum Gasteiger partial charge on any atom is 0.0275 e. The lowest BCUT2D eigenvalue weighted by Crippen LogP contribution is -2.59. The molecule has 0 saturated carbocycles. The zero-order valence-electron chi connectivity index (χ0n) is 12.5. The molecule has 0 aromatic carbocycles. The van der Waals surface area contributed by atoms with Crippen LogP contribution in [0.25, 0.3) is 0 Å². The van der Waals surface area contributed by atoms with Gasteiger partial charge >= 0.3 is 0 Å². The second-order valence-corrected chi connectivity index (χ2v) is 7.35. The maximum atomic E-state index is 3.73. The Morgan fingerprint density at radius 3 is 1.29 bits per heavy atom. The summed E-state index contributed by atoms with van der Waals surface area (Å²) in [5.41, 5.74) is 0.546. The van der Waals surface area contributed by atoms with Crippen molar-refractivity contribution < 1.29 is 0 Å². The van der Waals surface area contributed by atoms with E-state index in [0.29, 0.717) is 12.1 Å². The van der Waals surface area contributed by atoms with Gasteiger partial charge in [0.15, 0.2) is 0 Å². The third-order valence-corrected chi connectivity index (χ3v) is 3.53. The molecule has 1 aliphatic rings. The summed E-state index contributed by atoms with van der Waals surface area (Å²) in [6.45, 7) is 18.2. The van der Waals surface area contributed by atoms with Crippen molar-refractivity contribution in [1.82, 2.24) is 16.0 Å². The Bertz CT molecular complexity index is 201. The second kappa shape index (κ2) is 5.68. The molecule has 0 bridgehead atoms. The van der Waals surface area contributed by atoms with Crippen LogP contribution < -0.4 is 16.0 Å². The molecule has 0 amide bonds. The third kappa shape index (κ3) is 4.57. The van der Waals surface area contributed by atoms with Gasteiger partial charge in [-0.3, -0.25) is 0 Å². The second-order valence-electron chi connectivity index (χ2n) is 7.35. The predicted molar refractivity (Wildman–Crippen MR) is 75.4 cm³/mol. The Morgan fingerprint density at radius 2 is 1.00 bits per heavy atom. The van der Waals surface area contributed by atoms with Gasteiger partial charge in [-0.1, -0.05) is 41.5 Å². The summed E-state index contributed by atoms with van der Waals surface area (Å²) < 4.78 is 0. The molecule has 102 valence electrons. The van der Waals surface area contributed by atoms with Crippen LogP contribution >= 0.6 is 0 Å². The van der Waals surface area contributed by atoms with Gasteiger partial charge in [-0.15, -0.1) is 0 Å². The van der Waals surface area contributed by atoms with E-state index < -0.39 is 0 Å². The van der Waals surface area contributed by atoms with Crippen LogP contribution in [0.4, 0.5) is 0 Å². The van der Waals surface area contributed by atoms with Gasteiger partial charge < -0.3 is 16.0 Å². The molecule has 2 atom stereocenters. The minimum atomic E-state index is 0.273. The highest BCUT2D eigenvalue weighted by atomic mass is 15.1. The van der Waals surface area contributed by atoms with E-state index in [2.05, 4.69) is 57.5 Å². The van der Waals surface area contributed by atoms with Gasteiger partial charge in [0.2, 0.25) is 0 Å². The summed E-state index contributed by atoms with van der Waals surface area (Å²) in [4.78, 5) is 0. The molecule has 1 fully saturated rings. The average Bonchev–Trinajstić information content (AvgIpc) is 2.25. The molecule has 0 aromatic heterocycles. The lowest BCUT2D eigenvalue weighted by atomic mass is 9.72. The maximum absolute atomic E-state index is 3.73. The fourth-order valence-corrected chi connectivity index (χ4v) is 2.61. The smallest absolute Gasteiger partial charge is 0.0275 e. The fraction of sp³-hybridized carbons (Fsp3) is 1.00. The lowest BCUT2D eigenvalue weighted by Gasteiger charge is -2.44. The first-order chi connectivity index (χ1) is 7.73. The fourth-order valence-electron chi connectivity index (χ4n) is 2.61. The van der Waals surface area contributed by atoms with Crippen molar-refractivity contribution >= 4 is 0 Å². The summed E-state index contributed by atoms with van der Waals surface area (Å²) >= 11 is 0. The minimum Gasteiger partial charge on any atom is -0.314 e. The Balaban J connectivity index is 2.88. The highest BCUT2D eigenvalue weighted by molar-refractivity contribution is 4.97. The summed E-state index contributed by atoms with van der Waals surface area (Å²) in [6, 6.07) is 1.00. The van der Waals surface area contributed by atoms with Crippen molar-refractivity contribution in [2.24, 2.45) is 10.8 Å². The molecule has 1 aliphatic heterocycles. The molecule has 1 saturated heterocycles. The molecule has 0 radical (unpaired) electrons. The summed E-state index contributed by atoms with van der Waals surface area (Å²) in [6.07, 6.45) is 0. The molecule has 1 heterocycles. The Morgan fingerprint density at radius 1 is 0.647 bits per heavy atom. The minimum absolute atomic E-state index is 0.273.